The quantitative estimate of drug-likeness (QED) is 0.907. The van der Waals surface area contributed by atoms with Gasteiger partial charge in [-0.15, -0.1) is 0 Å². The fraction of sp³-hybridized carbons (Fsp3) is 0.538. The van der Waals surface area contributed by atoms with Gasteiger partial charge in [-0.1, -0.05) is 12.1 Å². The van der Waals surface area contributed by atoms with Gasteiger partial charge < -0.3 is 0 Å². The van der Waals surface area contributed by atoms with Gasteiger partial charge in [0, 0.05) is 5.54 Å². The zero-order valence-electron chi connectivity index (χ0n) is 11.8. The third kappa shape index (κ3) is 3.21. The standard InChI is InChI=1S/C13H19NO4S2/c1-10-4-5-11(2)12(8-10)20(17,18)14-13(3)6-7-19(15,16)9-13/h4-5,8,14H,6-7,9H2,1-3H3/t13-/m0/s1. The molecule has 1 aromatic rings. The molecule has 1 aromatic carbocycles. The van der Waals surface area contributed by atoms with Crippen LogP contribution in [-0.4, -0.2) is 33.9 Å². The Morgan fingerprint density at radius 1 is 1.25 bits per heavy atom. The molecule has 0 spiro atoms. The highest BCUT2D eigenvalue weighted by atomic mass is 32.2. The van der Waals surface area contributed by atoms with Crippen LogP contribution in [0.25, 0.3) is 0 Å². The Hall–Kier alpha value is -0.920. The highest BCUT2D eigenvalue weighted by Gasteiger charge is 2.41. The molecule has 0 aliphatic carbocycles. The highest BCUT2D eigenvalue weighted by Crippen LogP contribution is 2.26. The lowest BCUT2D eigenvalue weighted by molar-refractivity contribution is 0.461. The maximum atomic E-state index is 12.5. The molecule has 1 N–H and O–H groups in total. The lowest BCUT2D eigenvalue weighted by Crippen LogP contribution is -2.46. The van der Waals surface area contributed by atoms with Crippen molar-refractivity contribution in [3.63, 3.8) is 0 Å². The molecular weight excluding hydrogens is 298 g/mol. The Labute approximate surface area is 120 Å². The van der Waals surface area contributed by atoms with E-state index < -0.39 is 25.4 Å². The molecule has 7 heteroatoms. The highest BCUT2D eigenvalue weighted by molar-refractivity contribution is 7.92. The second kappa shape index (κ2) is 4.82. The normalized spacial score (nSPS) is 25.8. The molecule has 2 rings (SSSR count). The van der Waals surface area contributed by atoms with Crippen LogP contribution in [0.15, 0.2) is 23.1 Å². The first-order valence-electron chi connectivity index (χ1n) is 6.35. The zero-order valence-corrected chi connectivity index (χ0v) is 13.4. The largest absolute Gasteiger partial charge is 0.241 e. The van der Waals surface area contributed by atoms with E-state index in [2.05, 4.69) is 4.72 Å². The Morgan fingerprint density at radius 2 is 1.90 bits per heavy atom. The maximum absolute atomic E-state index is 12.5. The predicted octanol–water partition coefficient (Wildman–Crippen LogP) is 1.16. The van der Waals surface area contributed by atoms with Crippen molar-refractivity contribution in [3.8, 4) is 0 Å². The van der Waals surface area contributed by atoms with E-state index in [0.717, 1.165) is 5.56 Å². The Kier molecular flexibility index (Phi) is 3.73. The first-order chi connectivity index (χ1) is 9.03. The van der Waals surface area contributed by atoms with Crippen molar-refractivity contribution in [2.45, 2.75) is 37.6 Å². The summed E-state index contributed by atoms with van der Waals surface area (Å²) in [6.07, 6.45) is 0.305. The van der Waals surface area contributed by atoms with Crippen LogP contribution in [-0.2, 0) is 19.9 Å². The predicted molar refractivity (Wildman–Crippen MR) is 77.9 cm³/mol. The second-order valence-electron chi connectivity index (χ2n) is 5.78. The summed E-state index contributed by atoms with van der Waals surface area (Å²) in [7, 11) is -6.87. The van der Waals surface area contributed by atoms with Crippen molar-refractivity contribution in [2.75, 3.05) is 11.5 Å². The first kappa shape index (κ1) is 15.5. The molecule has 1 aliphatic rings. The van der Waals surface area contributed by atoms with E-state index in [1.54, 1.807) is 26.0 Å². The summed E-state index contributed by atoms with van der Waals surface area (Å²) < 4.78 is 50.6. The van der Waals surface area contributed by atoms with Gasteiger partial charge in [0.25, 0.3) is 0 Å². The molecule has 1 saturated heterocycles. The van der Waals surface area contributed by atoms with Crippen LogP contribution in [0, 0.1) is 13.8 Å². The molecule has 0 aromatic heterocycles. The summed E-state index contributed by atoms with van der Waals surface area (Å²) in [6.45, 7) is 5.18. The monoisotopic (exact) mass is 317 g/mol. The van der Waals surface area contributed by atoms with Gasteiger partial charge in [-0.25, -0.2) is 21.6 Å². The number of nitrogens with one attached hydrogen (secondary N) is 1. The molecule has 20 heavy (non-hydrogen) atoms. The van der Waals surface area contributed by atoms with Crippen molar-refractivity contribution in [1.82, 2.24) is 4.72 Å². The molecule has 0 saturated carbocycles. The summed E-state index contributed by atoms with van der Waals surface area (Å²) in [6, 6.07) is 5.19. The molecule has 0 amide bonds. The van der Waals surface area contributed by atoms with Crippen LogP contribution in [0.2, 0.25) is 0 Å². The van der Waals surface area contributed by atoms with Crippen molar-refractivity contribution >= 4 is 19.9 Å². The van der Waals surface area contributed by atoms with E-state index in [1.807, 2.05) is 13.0 Å². The van der Waals surface area contributed by atoms with Crippen LogP contribution in [0.3, 0.4) is 0 Å². The van der Waals surface area contributed by atoms with Crippen molar-refractivity contribution < 1.29 is 16.8 Å². The van der Waals surface area contributed by atoms with Crippen LogP contribution in [0.4, 0.5) is 0 Å². The number of rotatable bonds is 3. The summed E-state index contributed by atoms with van der Waals surface area (Å²) in [5, 5.41) is 0. The number of sulfonamides is 1. The maximum Gasteiger partial charge on any atom is 0.241 e. The van der Waals surface area contributed by atoms with Gasteiger partial charge in [0.2, 0.25) is 10.0 Å². The second-order valence-corrected chi connectivity index (χ2v) is 9.61. The Morgan fingerprint density at radius 3 is 2.45 bits per heavy atom. The number of benzene rings is 1. The van der Waals surface area contributed by atoms with Gasteiger partial charge in [-0.3, -0.25) is 0 Å². The lowest BCUT2D eigenvalue weighted by Gasteiger charge is -2.24. The van der Waals surface area contributed by atoms with E-state index in [-0.39, 0.29) is 16.4 Å². The van der Waals surface area contributed by atoms with Gasteiger partial charge in [0.05, 0.1) is 16.4 Å². The first-order valence-corrected chi connectivity index (χ1v) is 9.65. The summed E-state index contributed by atoms with van der Waals surface area (Å²) >= 11 is 0. The Balaban J connectivity index is 2.35. The minimum atomic E-state index is -3.72. The third-order valence-corrected chi connectivity index (χ3v) is 7.20. The molecule has 0 radical (unpaired) electrons. The smallest absolute Gasteiger partial charge is 0.229 e. The molecule has 1 aliphatic heterocycles. The molecule has 1 heterocycles. The fourth-order valence-corrected chi connectivity index (χ4v) is 6.42. The van der Waals surface area contributed by atoms with E-state index in [9.17, 15) is 16.8 Å². The average Bonchev–Trinajstić information content (AvgIpc) is 2.55. The van der Waals surface area contributed by atoms with Crippen LogP contribution in [0.1, 0.15) is 24.5 Å². The van der Waals surface area contributed by atoms with Crippen LogP contribution < -0.4 is 4.72 Å². The Bertz CT molecular complexity index is 738. The minimum Gasteiger partial charge on any atom is -0.229 e. The third-order valence-electron chi connectivity index (χ3n) is 3.52. The average molecular weight is 317 g/mol. The fourth-order valence-electron chi connectivity index (χ4n) is 2.47. The molecule has 0 unspecified atom stereocenters. The van der Waals surface area contributed by atoms with E-state index >= 15 is 0 Å². The molecule has 112 valence electrons. The molecule has 1 atom stereocenters. The van der Waals surface area contributed by atoms with Gasteiger partial charge in [0.15, 0.2) is 9.84 Å². The van der Waals surface area contributed by atoms with E-state index in [4.69, 9.17) is 0 Å². The van der Waals surface area contributed by atoms with Gasteiger partial charge >= 0.3 is 0 Å². The molecule has 0 bridgehead atoms. The van der Waals surface area contributed by atoms with Gasteiger partial charge in [-0.05, 0) is 44.4 Å². The summed E-state index contributed by atoms with van der Waals surface area (Å²) in [4.78, 5) is 0.211. The summed E-state index contributed by atoms with van der Waals surface area (Å²) in [5.74, 6) is -0.122. The van der Waals surface area contributed by atoms with Crippen LogP contribution >= 0.6 is 0 Å². The number of hydrogen-bond donors (Lipinski definition) is 1. The molecule has 1 fully saturated rings. The minimum absolute atomic E-state index is 0.0266. The SMILES string of the molecule is Cc1ccc(C)c(S(=O)(=O)N[C@@]2(C)CCS(=O)(=O)C2)c1. The zero-order chi connectivity index (χ0) is 15.2. The van der Waals surface area contributed by atoms with Crippen LogP contribution in [0.5, 0.6) is 0 Å². The van der Waals surface area contributed by atoms with E-state index in [0.29, 0.717) is 12.0 Å². The van der Waals surface area contributed by atoms with Gasteiger partial charge in [0.1, 0.15) is 0 Å². The molecular formula is C13H19NO4S2. The van der Waals surface area contributed by atoms with Crippen molar-refractivity contribution in [2.24, 2.45) is 0 Å². The van der Waals surface area contributed by atoms with Crippen molar-refractivity contribution in [1.29, 1.82) is 0 Å². The van der Waals surface area contributed by atoms with Gasteiger partial charge in [-0.2, -0.15) is 0 Å². The number of sulfone groups is 1. The number of aryl methyl sites for hydroxylation is 2. The molecule has 5 nitrogen and oxygen atoms in total. The number of hydrogen-bond acceptors (Lipinski definition) is 4. The van der Waals surface area contributed by atoms with E-state index in [1.165, 1.54) is 0 Å². The van der Waals surface area contributed by atoms with Crippen molar-refractivity contribution in [3.05, 3.63) is 29.3 Å². The topological polar surface area (TPSA) is 80.3 Å². The lowest BCUT2D eigenvalue weighted by atomic mass is 10.0. The summed E-state index contributed by atoms with van der Waals surface area (Å²) in [5.41, 5.74) is 0.570.